The number of nitrogens with one attached hydrogen (secondary N) is 1. The Morgan fingerprint density at radius 2 is 1.74 bits per heavy atom. The Bertz CT molecular complexity index is 884. The van der Waals surface area contributed by atoms with Gasteiger partial charge in [0.2, 0.25) is 0 Å². The minimum atomic E-state index is -0.584. The van der Waals surface area contributed by atoms with Crippen molar-refractivity contribution >= 4 is 16.7 Å². The maximum absolute atomic E-state index is 12.3. The fourth-order valence-corrected chi connectivity index (χ4v) is 2.85. The molecule has 0 aliphatic rings. The summed E-state index contributed by atoms with van der Waals surface area (Å²) in [5.41, 5.74) is 1.27. The summed E-state index contributed by atoms with van der Waals surface area (Å²) in [6.07, 6.45) is 0.421. The van der Waals surface area contributed by atoms with Crippen molar-refractivity contribution in [3.8, 4) is 11.5 Å². The smallest absolute Gasteiger partial charge is 0.260 e. The van der Waals surface area contributed by atoms with E-state index < -0.39 is 6.10 Å². The largest absolute Gasteiger partial charge is 0.492 e. The molecule has 1 atom stereocenters. The second-order valence-electron chi connectivity index (χ2n) is 6.37. The molecule has 0 unspecified atom stereocenters. The third kappa shape index (κ3) is 5.00. The molecule has 3 rings (SSSR count). The van der Waals surface area contributed by atoms with Crippen LogP contribution in [0, 0.1) is 0 Å². The van der Waals surface area contributed by atoms with Crippen LogP contribution in [0.2, 0.25) is 0 Å². The topological polar surface area (TPSA) is 47.6 Å². The van der Waals surface area contributed by atoms with Crippen molar-refractivity contribution in [2.75, 3.05) is 13.2 Å². The maximum Gasteiger partial charge on any atom is 0.260 e. The van der Waals surface area contributed by atoms with Gasteiger partial charge in [-0.2, -0.15) is 0 Å². The molecule has 3 aromatic carbocycles. The van der Waals surface area contributed by atoms with Gasteiger partial charge in [-0.3, -0.25) is 4.79 Å². The molecule has 0 heterocycles. The van der Waals surface area contributed by atoms with Crippen LogP contribution in [0.3, 0.4) is 0 Å². The summed E-state index contributed by atoms with van der Waals surface area (Å²) >= 11 is 0. The highest BCUT2D eigenvalue weighted by Crippen LogP contribution is 2.26. The fourth-order valence-electron chi connectivity index (χ4n) is 2.85. The van der Waals surface area contributed by atoms with Crippen LogP contribution in [0.1, 0.15) is 19.4 Å². The zero-order valence-electron chi connectivity index (χ0n) is 15.8. The summed E-state index contributed by atoms with van der Waals surface area (Å²) < 4.78 is 11.5. The average Bonchev–Trinajstić information content (AvgIpc) is 2.71. The van der Waals surface area contributed by atoms with Gasteiger partial charge in [-0.1, -0.05) is 55.5 Å². The highest BCUT2D eigenvalue weighted by Gasteiger charge is 2.15. The molecule has 0 spiro atoms. The molecule has 0 aliphatic heterocycles. The number of amides is 1. The Morgan fingerprint density at radius 3 is 2.52 bits per heavy atom. The molecule has 1 amide bonds. The normalized spacial score (nSPS) is 11.8. The molecule has 0 saturated carbocycles. The van der Waals surface area contributed by atoms with Gasteiger partial charge in [-0.15, -0.1) is 0 Å². The van der Waals surface area contributed by atoms with Crippen molar-refractivity contribution in [2.45, 2.75) is 26.4 Å². The van der Waals surface area contributed by atoms with Gasteiger partial charge in [0.15, 0.2) is 6.10 Å². The van der Waals surface area contributed by atoms with Crippen LogP contribution in [0.15, 0.2) is 66.7 Å². The number of carbonyl (C=O) groups excluding carboxylic acids is 1. The number of benzene rings is 3. The summed E-state index contributed by atoms with van der Waals surface area (Å²) in [4.78, 5) is 12.3. The van der Waals surface area contributed by atoms with Gasteiger partial charge in [0, 0.05) is 5.39 Å². The number of carbonyl (C=O) groups is 1. The van der Waals surface area contributed by atoms with Crippen molar-refractivity contribution in [1.82, 2.24) is 5.32 Å². The second kappa shape index (κ2) is 9.08. The number of hydrogen-bond acceptors (Lipinski definition) is 3. The zero-order chi connectivity index (χ0) is 19.1. The van der Waals surface area contributed by atoms with Crippen LogP contribution < -0.4 is 14.8 Å². The first-order valence-electron chi connectivity index (χ1n) is 9.31. The van der Waals surface area contributed by atoms with Crippen LogP contribution >= 0.6 is 0 Å². The van der Waals surface area contributed by atoms with E-state index in [0.717, 1.165) is 22.9 Å². The Balaban J connectivity index is 1.47. The van der Waals surface area contributed by atoms with Gasteiger partial charge >= 0.3 is 0 Å². The predicted octanol–water partition coefficient (Wildman–Crippen LogP) is 4.36. The van der Waals surface area contributed by atoms with Crippen LogP contribution in [0.5, 0.6) is 11.5 Å². The zero-order valence-corrected chi connectivity index (χ0v) is 15.8. The molecule has 27 heavy (non-hydrogen) atoms. The summed E-state index contributed by atoms with van der Waals surface area (Å²) in [6, 6.07) is 21.8. The second-order valence-corrected chi connectivity index (χ2v) is 6.37. The lowest BCUT2D eigenvalue weighted by Crippen LogP contribution is -2.38. The minimum absolute atomic E-state index is 0.159. The van der Waals surface area contributed by atoms with Crippen molar-refractivity contribution in [3.05, 3.63) is 72.3 Å². The maximum atomic E-state index is 12.3. The molecule has 0 saturated heterocycles. The standard InChI is InChI=1S/C23H25NO3/c1-3-18-11-13-20(14-12-18)26-16-15-24-23(25)17(2)27-22-10-6-8-19-7-4-5-9-21(19)22/h4-14,17H,3,15-16H2,1-2H3,(H,24,25)/t17-/m1/s1. The van der Waals surface area contributed by atoms with Crippen molar-refractivity contribution in [3.63, 3.8) is 0 Å². The molecule has 0 fully saturated rings. The number of hydrogen-bond donors (Lipinski definition) is 1. The van der Waals surface area contributed by atoms with E-state index in [0.29, 0.717) is 18.9 Å². The van der Waals surface area contributed by atoms with Gasteiger partial charge < -0.3 is 14.8 Å². The Labute approximate surface area is 160 Å². The summed E-state index contributed by atoms with van der Waals surface area (Å²) in [5.74, 6) is 1.36. The third-order valence-corrected chi connectivity index (χ3v) is 4.42. The van der Waals surface area contributed by atoms with Crippen LogP contribution in [-0.4, -0.2) is 25.2 Å². The first-order valence-corrected chi connectivity index (χ1v) is 9.31. The number of aryl methyl sites for hydroxylation is 1. The van der Waals surface area contributed by atoms with Gasteiger partial charge in [0.1, 0.15) is 18.1 Å². The van der Waals surface area contributed by atoms with Gasteiger partial charge in [0.05, 0.1) is 6.54 Å². The predicted molar refractivity (Wildman–Crippen MR) is 108 cm³/mol. The van der Waals surface area contributed by atoms with E-state index in [2.05, 4.69) is 12.2 Å². The molecule has 4 heteroatoms. The highest BCUT2D eigenvalue weighted by atomic mass is 16.5. The van der Waals surface area contributed by atoms with E-state index >= 15 is 0 Å². The van der Waals surface area contributed by atoms with E-state index in [-0.39, 0.29) is 5.91 Å². The van der Waals surface area contributed by atoms with Crippen LogP contribution in [0.4, 0.5) is 0 Å². The number of fused-ring (bicyclic) bond motifs is 1. The summed E-state index contributed by atoms with van der Waals surface area (Å²) in [6.45, 7) is 4.71. The molecular formula is C23H25NO3. The van der Waals surface area contributed by atoms with Gasteiger partial charge in [-0.25, -0.2) is 0 Å². The van der Waals surface area contributed by atoms with Gasteiger partial charge in [0.25, 0.3) is 5.91 Å². The number of ether oxygens (including phenoxy) is 2. The molecule has 0 aliphatic carbocycles. The lowest BCUT2D eigenvalue weighted by molar-refractivity contribution is -0.127. The molecular weight excluding hydrogens is 338 g/mol. The third-order valence-electron chi connectivity index (χ3n) is 4.42. The molecule has 140 valence electrons. The van der Waals surface area contributed by atoms with Crippen molar-refractivity contribution < 1.29 is 14.3 Å². The molecule has 4 nitrogen and oxygen atoms in total. The Kier molecular flexibility index (Phi) is 6.31. The monoisotopic (exact) mass is 363 g/mol. The van der Waals surface area contributed by atoms with E-state index in [1.165, 1.54) is 5.56 Å². The average molecular weight is 363 g/mol. The lowest BCUT2D eigenvalue weighted by atomic mass is 10.1. The first kappa shape index (κ1) is 18.8. The minimum Gasteiger partial charge on any atom is -0.492 e. The van der Waals surface area contributed by atoms with Crippen molar-refractivity contribution in [2.24, 2.45) is 0 Å². The quantitative estimate of drug-likeness (QED) is 0.605. The molecule has 1 N–H and O–H groups in total. The van der Waals surface area contributed by atoms with E-state index in [1.54, 1.807) is 6.92 Å². The van der Waals surface area contributed by atoms with E-state index in [4.69, 9.17) is 9.47 Å². The fraction of sp³-hybridized carbons (Fsp3) is 0.261. The highest BCUT2D eigenvalue weighted by molar-refractivity contribution is 5.89. The first-order chi connectivity index (χ1) is 13.2. The van der Waals surface area contributed by atoms with Crippen LogP contribution in [0.25, 0.3) is 10.8 Å². The number of rotatable bonds is 8. The van der Waals surface area contributed by atoms with E-state index in [1.807, 2.05) is 66.7 Å². The lowest BCUT2D eigenvalue weighted by Gasteiger charge is -2.16. The SMILES string of the molecule is CCc1ccc(OCCNC(=O)[C@@H](C)Oc2cccc3ccccc23)cc1. The molecule has 0 aromatic heterocycles. The van der Waals surface area contributed by atoms with Gasteiger partial charge in [-0.05, 0) is 42.5 Å². The van der Waals surface area contributed by atoms with Crippen LogP contribution in [-0.2, 0) is 11.2 Å². The molecule has 3 aromatic rings. The van der Waals surface area contributed by atoms with Crippen molar-refractivity contribution in [1.29, 1.82) is 0 Å². The molecule has 0 bridgehead atoms. The summed E-state index contributed by atoms with van der Waals surface area (Å²) in [7, 11) is 0. The Hall–Kier alpha value is -3.01. The Morgan fingerprint density at radius 1 is 1.00 bits per heavy atom. The molecule has 0 radical (unpaired) electrons. The van der Waals surface area contributed by atoms with E-state index in [9.17, 15) is 4.79 Å². The summed E-state index contributed by atoms with van der Waals surface area (Å²) in [5, 5.41) is 4.94.